The standard InChI is InChI=1S/C28H48O/c1-18(2)19(3)7-8-20(4)24-11-12-25-23-10-9-21-17-22(29)13-15-27(21,5)26(23)14-16-28(24,25)6/h9,18-20,22-26,29H,7-8,10-17H2,1-6H3/t19?,20-,22+,23+,24-,25+,26+,27+,28-/m1/s1. The third kappa shape index (κ3) is 3.66. The Morgan fingerprint density at radius 1 is 0.966 bits per heavy atom. The summed E-state index contributed by atoms with van der Waals surface area (Å²) in [6.45, 7) is 15.1. The number of aliphatic hydroxyl groups excluding tert-OH is 1. The van der Waals surface area contributed by atoms with E-state index in [1.54, 1.807) is 5.57 Å². The molecule has 166 valence electrons. The summed E-state index contributed by atoms with van der Waals surface area (Å²) < 4.78 is 0. The van der Waals surface area contributed by atoms with E-state index in [-0.39, 0.29) is 6.10 Å². The lowest BCUT2D eigenvalue weighted by Crippen LogP contribution is -2.50. The summed E-state index contributed by atoms with van der Waals surface area (Å²) in [6, 6.07) is 0. The van der Waals surface area contributed by atoms with Crippen molar-refractivity contribution in [3.63, 3.8) is 0 Å². The van der Waals surface area contributed by atoms with Gasteiger partial charge in [0.25, 0.3) is 0 Å². The highest BCUT2D eigenvalue weighted by molar-refractivity contribution is 5.25. The van der Waals surface area contributed by atoms with Crippen LogP contribution in [-0.4, -0.2) is 11.2 Å². The van der Waals surface area contributed by atoms with E-state index in [1.807, 2.05) is 0 Å². The van der Waals surface area contributed by atoms with Crippen molar-refractivity contribution >= 4 is 0 Å². The van der Waals surface area contributed by atoms with Crippen molar-refractivity contribution in [2.75, 3.05) is 0 Å². The van der Waals surface area contributed by atoms with Gasteiger partial charge in [0.15, 0.2) is 0 Å². The van der Waals surface area contributed by atoms with E-state index in [1.165, 1.54) is 51.4 Å². The molecule has 9 atom stereocenters. The molecule has 4 rings (SSSR count). The van der Waals surface area contributed by atoms with Crippen LogP contribution in [0.3, 0.4) is 0 Å². The van der Waals surface area contributed by atoms with Crippen LogP contribution < -0.4 is 0 Å². The van der Waals surface area contributed by atoms with Crippen LogP contribution in [0.4, 0.5) is 0 Å². The molecule has 4 aliphatic carbocycles. The number of allylic oxidation sites excluding steroid dienone is 1. The lowest BCUT2D eigenvalue weighted by Gasteiger charge is -2.58. The molecule has 1 N–H and O–H groups in total. The molecule has 4 aliphatic rings. The van der Waals surface area contributed by atoms with E-state index in [2.05, 4.69) is 47.6 Å². The molecule has 1 nitrogen and oxygen atoms in total. The predicted octanol–water partition coefficient (Wildman–Crippen LogP) is 7.63. The number of hydrogen-bond donors (Lipinski definition) is 1. The van der Waals surface area contributed by atoms with Gasteiger partial charge in [0.1, 0.15) is 0 Å². The van der Waals surface area contributed by atoms with Crippen LogP contribution in [0.5, 0.6) is 0 Å². The van der Waals surface area contributed by atoms with Gasteiger partial charge in [0, 0.05) is 0 Å². The number of aliphatic hydroxyl groups is 1. The second-order valence-electron chi connectivity index (χ2n) is 12.7. The molecular formula is C28H48O. The monoisotopic (exact) mass is 400 g/mol. The molecule has 0 amide bonds. The van der Waals surface area contributed by atoms with Crippen molar-refractivity contribution < 1.29 is 5.11 Å². The van der Waals surface area contributed by atoms with Gasteiger partial charge in [-0.05, 0) is 104 Å². The Hall–Kier alpha value is -0.300. The van der Waals surface area contributed by atoms with E-state index in [0.717, 1.165) is 54.3 Å². The first-order chi connectivity index (χ1) is 13.7. The molecule has 0 saturated heterocycles. The van der Waals surface area contributed by atoms with Crippen molar-refractivity contribution in [1.82, 2.24) is 0 Å². The zero-order valence-corrected chi connectivity index (χ0v) is 20.2. The molecule has 0 bridgehead atoms. The second kappa shape index (κ2) is 7.99. The van der Waals surface area contributed by atoms with Gasteiger partial charge in [-0.1, -0.05) is 66.0 Å². The average molecular weight is 401 g/mol. The zero-order chi connectivity index (χ0) is 21.0. The molecule has 29 heavy (non-hydrogen) atoms. The SMILES string of the molecule is CC(C)C(C)CC[C@@H](C)[C@H]1CC[C@H]2[C@@H]3CC=C4C[C@@H](O)CC[C@]4(C)[C@H]3CC[C@]12C. The van der Waals surface area contributed by atoms with Gasteiger partial charge >= 0.3 is 0 Å². The molecule has 0 heterocycles. The van der Waals surface area contributed by atoms with Crippen LogP contribution in [-0.2, 0) is 0 Å². The molecule has 0 aromatic heterocycles. The van der Waals surface area contributed by atoms with Gasteiger partial charge in [-0.15, -0.1) is 0 Å². The molecule has 0 aromatic carbocycles. The zero-order valence-electron chi connectivity index (χ0n) is 20.2. The molecule has 1 heteroatoms. The highest BCUT2D eigenvalue weighted by atomic mass is 16.3. The first-order valence-electron chi connectivity index (χ1n) is 13.0. The normalized spacial score (nSPS) is 46.5. The Balaban J connectivity index is 1.49. The van der Waals surface area contributed by atoms with Crippen LogP contribution in [0, 0.1) is 52.3 Å². The molecule has 3 saturated carbocycles. The minimum atomic E-state index is -0.0790. The summed E-state index contributed by atoms with van der Waals surface area (Å²) in [4.78, 5) is 0. The van der Waals surface area contributed by atoms with E-state index < -0.39 is 0 Å². The summed E-state index contributed by atoms with van der Waals surface area (Å²) in [5, 5.41) is 10.2. The van der Waals surface area contributed by atoms with Gasteiger partial charge in [-0.25, -0.2) is 0 Å². The fraction of sp³-hybridized carbons (Fsp3) is 0.929. The van der Waals surface area contributed by atoms with Crippen LogP contribution >= 0.6 is 0 Å². The number of rotatable bonds is 5. The highest BCUT2D eigenvalue weighted by Gasteiger charge is 2.59. The lowest BCUT2D eigenvalue weighted by atomic mass is 9.47. The molecule has 0 spiro atoms. The Morgan fingerprint density at radius 2 is 1.72 bits per heavy atom. The second-order valence-corrected chi connectivity index (χ2v) is 12.7. The Bertz CT molecular complexity index is 620. The van der Waals surface area contributed by atoms with E-state index >= 15 is 0 Å². The number of fused-ring (bicyclic) bond motifs is 5. The van der Waals surface area contributed by atoms with Gasteiger partial charge in [-0.3, -0.25) is 0 Å². The van der Waals surface area contributed by atoms with Crippen LogP contribution in [0.2, 0.25) is 0 Å². The summed E-state index contributed by atoms with van der Waals surface area (Å²) in [5.74, 6) is 6.24. The Labute approximate surface area is 181 Å². The summed E-state index contributed by atoms with van der Waals surface area (Å²) in [7, 11) is 0. The maximum Gasteiger partial charge on any atom is 0.0577 e. The van der Waals surface area contributed by atoms with Crippen molar-refractivity contribution in [3.05, 3.63) is 11.6 Å². The quantitative estimate of drug-likeness (QED) is 0.470. The Morgan fingerprint density at radius 3 is 2.45 bits per heavy atom. The first kappa shape index (κ1) is 21.9. The van der Waals surface area contributed by atoms with Crippen LogP contribution in [0.25, 0.3) is 0 Å². The summed E-state index contributed by atoms with van der Waals surface area (Å²) in [6.07, 6.45) is 15.7. The van der Waals surface area contributed by atoms with Crippen molar-refractivity contribution in [3.8, 4) is 0 Å². The van der Waals surface area contributed by atoms with Crippen LogP contribution in [0.15, 0.2) is 11.6 Å². The molecule has 1 unspecified atom stereocenters. The first-order valence-corrected chi connectivity index (χ1v) is 13.0. The van der Waals surface area contributed by atoms with E-state index in [9.17, 15) is 5.11 Å². The van der Waals surface area contributed by atoms with Gasteiger partial charge in [-0.2, -0.15) is 0 Å². The maximum absolute atomic E-state index is 10.2. The van der Waals surface area contributed by atoms with Gasteiger partial charge in [0.05, 0.1) is 6.10 Å². The minimum absolute atomic E-state index is 0.0790. The topological polar surface area (TPSA) is 20.2 Å². The van der Waals surface area contributed by atoms with E-state index in [0.29, 0.717) is 10.8 Å². The molecule has 0 aromatic rings. The number of hydrogen-bond acceptors (Lipinski definition) is 1. The fourth-order valence-electron chi connectivity index (χ4n) is 8.68. The average Bonchev–Trinajstić information content (AvgIpc) is 3.03. The van der Waals surface area contributed by atoms with Crippen molar-refractivity contribution in [2.24, 2.45) is 52.3 Å². The molecule has 3 fully saturated rings. The minimum Gasteiger partial charge on any atom is -0.393 e. The highest BCUT2D eigenvalue weighted by Crippen LogP contribution is 2.67. The largest absolute Gasteiger partial charge is 0.393 e. The molecule has 0 aliphatic heterocycles. The van der Waals surface area contributed by atoms with Crippen molar-refractivity contribution in [2.45, 2.75) is 112 Å². The summed E-state index contributed by atoms with van der Waals surface area (Å²) in [5.41, 5.74) is 2.59. The predicted molar refractivity (Wildman–Crippen MR) is 124 cm³/mol. The van der Waals surface area contributed by atoms with Gasteiger partial charge < -0.3 is 5.11 Å². The third-order valence-corrected chi connectivity index (χ3v) is 11.1. The van der Waals surface area contributed by atoms with Crippen molar-refractivity contribution in [1.29, 1.82) is 0 Å². The fourth-order valence-corrected chi connectivity index (χ4v) is 8.68. The third-order valence-electron chi connectivity index (χ3n) is 11.1. The maximum atomic E-state index is 10.2. The van der Waals surface area contributed by atoms with Crippen LogP contribution in [0.1, 0.15) is 106 Å². The van der Waals surface area contributed by atoms with Gasteiger partial charge in [0.2, 0.25) is 0 Å². The lowest BCUT2D eigenvalue weighted by molar-refractivity contribution is -0.0574. The molecule has 0 radical (unpaired) electrons. The Kier molecular flexibility index (Phi) is 6.04. The summed E-state index contributed by atoms with van der Waals surface area (Å²) >= 11 is 0. The van der Waals surface area contributed by atoms with E-state index in [4.69, 9.17) is 0 Å². The molecular weight excluding hydrogens is 352 g/mol. The smallest absolute Gasteiger partial charge is 0.0577 e.